The van der Waals surface area contributed by atoms with Crippen LogP contribution < -0.4 is 20.8 Å². The number of benzene rings is 2. The average Bonchev–Trinajstić information content (AvgIpc) is 2.73. The molecule has 0 atom stereocenters. The van der Waals surface area contributed by atoms with Crippen molar-refractivity contribution in [2.24, 2.45) is 11.0 Å². The summed E-state index contributed by atoms with van der Waals surface area (Å²) >= 11 is 5.76. The highest BCUT2D eigenvalue weighted by Gasteiger charge is 2.12. The summed E-state index contributed by atoms with van der Waals surface area (Å²) in [6, 6.07) is 13.1. The van der Waals surface area contributed by atoms with Crippen LogP contribution in [0, 0.1) is 5.92 Å². The predicted octanol–water partition coefficient (Wildman–Crippen LogP) is 2.58. The molecule has 3 N–H and O–H groups in total. The van der Waals surface area contributed by atoms with Gasteiger partial charge in [0.15, 0.2) is 6.61 Å². The smallest absolute Gasteiger partial charge is 0.329 e. The fourth-order valence-corrected chi connectivity index (χ4v) is 2.23. The van der Waals surface area contributed by atoms with E-state index in [9.17, 15) is 14.4 Å². The van der Waals surface area contributed by atoms with E-state index in [0.717, 1.165) is 0 Å². The SMILES string of the molecule is CC(C)CNC(=O)COc1ccc(/C=N\NC(=O)C(=O)Nc2ccc(Cl)cc2)cc1. The summed E-state index contributed by atoms with van der Waals surface area (Å²) in [4.78, 5) is 35.2. The monoisotopic (exact) mass is 430 g/mol. The standard InChI is InChI=1S/C21H23ClN4O4/c1-14(2)11-23-19(27)13-30-18-9-3-15(4-10-18)12-24-26-21(29)20(28)25-17-7-5-16(22)6-8-17/h3-10,12,14H,11,13H2,1-2H3,(H,23,27)(H,25,28)(H,26,29)/b24-12-. The molecule has 0 heterocycles. The van der Waals surface area contributed by atoms with Crippen molar-refractivity contribution in [3.8, 4) is 5.75 Å². The van der Waals surface area contributed by atoms with Crippen LogP contribution in [0.25, 0.3) is 0 Å². The highest BCUT2D eigenvalue weighted by molar-refractivity contribution is 6.39. The fraction of sp³-hybridized carbons (Fsp3) is 0.238. The summed E-state index contributed by atoms with van der Waals surface area (Å²) < 4.78 is 5.41. The van der Waals surface area contributed by atoms with Gasteiger partial charge in [-0.05, 0) is 60.0 Å². The van der Waals surface area contributed by atoms with Gasteiger partial charge >= 0.3 is 11.8 Å². The molecule has 0 bridgehead atoms. The van der Waals surface area contributed by atoms with Crippen LogP contribution in [0.3, 0.4) is 0 Å². The molecule has 0 radical (unpaired) electrons. The first-order chi connectivity index (χ1) is 14.3. The molecule has 0 spiro atoms. The number of ether oxygens (including phenoxy) is 1. The molecule has 2 aromatic carbocycles. The van der Waals surface area contributed by atoms with Crippen LogP contribution in [0.15, 0.2) is 53.6 Å². The Labute approximate surface area is 179 Å². The van der Waals surface area contributed by atoms with Gasteiger partial charge in [-0.15, -0.1) is 0 Å². The van der Waals surface area contributed by atoms with Gasteiger partial charge in [0.2, 0.25) is 0 Å². The van der Waals surface area contributed by atoms with E-state index in [2.05, 4.69) is 21.2 Å². The summed E-state index contributed by atoms with van der Waals surface area (Å²) in [6.07, 6.45) is 1.38. The first-order valence-electron chi connectivity index (χ1n) is 9.23. The minimum atomic E-state index is -0.909. The maximum Gasteiger partial charge on any atom is 0.329 e. The fourth-order valence-electron chi connectivity index (χ4n) is 2.11. The van der Waals surface area contributed by atoms with Crippen LogP contribution in [0.1, 0.15) is 19.4 Å². The van der Waals surface area contributed by atoms with Crippen molar-refractivity contribution in [2.75, 3.05) is 18.5 Å². The van der Waals surface area contributed by atoms with E-state index in [1.807, 2.05) is 13.8 Å². The second-order valence-corrected chi connectivity index (χ2v) is 7.15. The second kappa shape index (κ2) is 11.6. The van der Waals surface area contributed by atoms with Crippen molar-refractivity contribution >= 4 is 41.2 Å². The highest BCUT2D eigenvalue weighted by atomic mass is 35.5. The molecule has 0 unspecified atom stereocenters. The van der Waals surface area contributed by atoms with Crippen LogP contribution in [0.5, 0.6) is 5.75 Å². The Bertz CT molecular complexity index is 896. The Morgan fingerprint density at radius 2 is 1.70 bits per heavy atom. The minimum absolute atomic E-state index is 0.0705. The summed E-state index contributed by atoms with van der Waals surface area (Å²) in [7, 11) is 0. The van der Waals surface area contributed by atoms with Crippen molar-refractivity contribution in [3.05, 3.63) is 59.1 Å². The molecule has 8 nitrogen and oxygen atoms in total. The summed E-state index contributed by atoms with van der Waals surface area (Å²) in [6.45, 7) is 4.55. The predicted molar refractivity (Wildman–Crippen MR) is 116 cm³/mol. The van der Waals surface area contributed by atoms with E-state index in [-0.39, 0.29) is 12.5 Å². The third-order valence-corrected chi connectivity index (χ3v) is 3.90. The van der Waals surface area contributed by atoms with E-state index in [1.54, 1.807) is 48.5 Å². The molecule has 158 valence electrons. The largest absolute Gasteiger partial charge is 0.484 e. The molecule has 0 aromatic heterocycles. The Morgan fingerprint density at radius 3 is 2.33 bits per heavy atom. The lowest BCUT2D eigenvalue weighted by Gasteiger charge is -2.09. The number of nitrogens with zero attached hydrogens (tertiary/aromatic N) is 1. The lowest BCUT2D eigenvalue weighted by Crippen LogP contribution is -2.32. The van der Waals surface area contributed by atoms with Gasteiger partial charge in [0, 0.05) is 17.3 Å². The maximum atomic E-state index is 11.8. The van der Waals surface area contributed by atoms with Crippen molar-refractivity contribution in [2.45, 2.75) is 13.8 Å². The van der Waals surface area contributed by atoms with Gasteiger partial charge in [0.05, 0.1) is 6.21 Å². The number of amides is 3. The number of hydrogen-bond donors (Lipinski definition) is 3. The lowest BCUT2D eigenvalue weighted by atomic mass is 10.2. The van der Waals surface area contributed by atoms with Crippen LogP contribution in [0.2, 0.25) is 5.02 Å². The quantitative estimate of drug-likeness (QED) is 0.339. The molecule has 30 heavy (non-hydrogen) atoms. The van der Waals surface area contributed by atoms with Gasteiger partial charge in [-0.2, -0.15) is 5.10 Å². The molecule has 2 rings (SSSR count). The lowest BCUT2D eigenvalue weighted by molar-refractivity contribution is -0.136. The topological polar surface area (TPSA) is 109 Å². The number of carbonyl (C=O) groups excluding carboxylic acids is 3. The Morgan fingerprint density at radius 1 is 1.03 bits per heavy atom. The zero-order chi connectivity index (χ0) is 21.9. The normalized spacial score (nSPS) is 10.7. The van der Waals surface area contributed by atoms with Gasteiger partial charge in [-0.1, -0.05) is 25.4 Å². The number of anilines is 1. The Hall–Kier alpha value is -3.39. The van der Waals surface area contributed by atoms with Crippen molar-refractivity contribution < 1.29 is 19.1 Å². The molecular weight excluding hydrogens is 408 g/mol. The molecule has 0 aliphatic heterocycles. The number of hydrogen-bond acceptors (Lipinski definition) is 5. The zero-order valence-electron chi connectivity index (χ0n) is 16.6. The summed E-state index contributed by atoms with van der Waals surface area (Å²) in [5.41, 5.74) is 3.26. The molecular formula is C21H23ClN4O4. The van der Waals surface area contributed by atoms with Crippen LogP contribution in [0.4, 0.5) is 5.69 Å². The van der Waals surface area contributed by atoms with Gasteiger partial charge in [0.1, 0.15) is 5.75 Å². The van der Waals surface area contributed by atoms with Gasteiger partial charge < -0.3 is 15.4 Å². The Balaban J connectivity index is 1.76. The van der Waals surface area contributed by atoms with Gasteiger partial charge in [0.25, 0.3) is 5.91 Å². The van der Waals surface area contributed by atoms with E-state index in [1.165, 1.54) is 6.21 Å². The molecule has 3 amide bonds. The minimum Gasteiger partial charge on any atom is -0.484 e. The number of rotatable bonds is 8. The first-order valence-corrected chi connectivity index (χ1v) is 9.61. The van der Waals surface area contributed by atoms with E-state index in [4.69, 9.17) is 16.3 Å². The van der Waals surface area contributed by atoms with Crippen LogP contribution >= 0.6 is 11.6 Å². The van der Waals surface area contributed by atoms with Crippen LogP contribution in [-0.4, -0.2) is 37.1 Å². The van der Waals surface area contributed by atoms with Gasteiger partial charge in [-0.3, -0.25) is 14.4 Å². The van der Waals surface area contributed by atoms with Crippen molar-refractivity contribution in [3.63, 3.8) is 0 Å². The second-order valence-electron chi connectivity index (χ2n) is 6.72. The molecule has 0 fully saturated rings. The molecule has 0 aliphatic carbocycles. The van der Waals surface area contributed by atoms with E-state index < -0.39 is 11.8 Å². The number of nitrogens with one attached hydrogen (secondary N) is 3. The molecule has 0 aliphatic rings. The van der Waals surface area contributed by atoms with E-state index in [0.29, 0.717) is 34.5 Å². The molecule has 0 saturated carbocycles. The zero-order valence-corrected chi connectivity index (χ0v) is 17.4. The number of halogens is 1. The average molecular weight is 431 g/mol. The first kappa shape index (κ1) is 22.9. The molecule has 9 heteroatoms. The molecule has 2 aromatic rings. The highest BCUT2D eigenvalue weighted by Crippen LogP contribution is 2.13. The van der Waals surface area contributed by atoms with Gasteiger partial charge in [-0.25, -0.2) is 5.43 Å². The maximum absolute atomic E-state index is 11.8. The Kier molecular flexibility index (Phi) is 8.83. The number of carbonyl (C=O) groups is 3. The van der Waals surface area contributed by atoms with Crippen molar-refractivity contribution in [1.82, 2.24) is 10.7 Å². The third-order valence-electron chi connectivity index (χ3n) is 3.65. The summed E-state index contributed by atoms with van der Waals surface area (Å²) in [5.74, 6) is -1.05. The van der Waals surface area contributed by atoms with Crippen molar-refractivity contribution in [1.29, 1.82) is 0 Å². The van der Waals surface area contributed by atoms with E-state index >= 15 is 0 Å². The summed E-state index contributed by atoms with van der Waals surface area (Å²) in [5, 5.41) is 9.47. The number of hydrazone groups is 1. The van der Waals surface area contributed by atoms with Crippen LogP contribution in [-0.2, 0) is 14.4 Å². The third kappa shape index (κ3) is 8.32. The molecule has 0 saturated heterocycles.